The molecule has 2 aliphatic heterocycles. The Morgan fingerprint density at radius 1 is 1.42 bits per heavy atom. The van der Waals surface area contributed by atoms with Gasteiger partial charge in [-0.15, -0.1) is 0 Å². The van der Waals surface area contributed by atoms with Crippen LogP contribution in [-0.4, -0.2) is 25.1 Å². The predicted octanol–water partition coefficient (Wildman–Crippen LogP) is 2.03. The van der Waals surface area contributed by atoms with Gasteiger partial charge >= 0.3 is 0 Å². The normalized spacial score (nSPS) is 25.5. The summed E-state index contributed by atoms with van der Waals surface area (Å²) in [5, 5.41) is 6.99. The van der Waals surface area contributed by atoms with Crippen molar-refractivity contribution >= 4 is 17.5 Å². The minimum atomic E-state index is -0.0505. The van der Waals surface area contributed by atoms with Crippen LogP contribution in [0.15, 0.2) is 18.2 Å². The fraction of sp³-hybridized carbons (Fsp3) is 0.500. The standard InChI is InChI=1S/C14H17ClN2O2/c15-9-3-4-13-10(8-9)11(5-7-19-13)17-14(18)12-2-1-6-16-12/h3-4,8,11-12,16H,1-2,5-7H2,(H,17,18). The number of hydrogen-bond acceptors (Lipinski definition) is 3. The van der Waals surface area contributed by atoms with E-state index < -0.39 is 0 Å². The average molecular weight is 281 g/mol. The number of carbonyl (C=O) groups excluding carboxylic acids is 1. The lowest BCUT2D eigenvalue weighted by atomic mass is 10.00. The van der Waals surface area contributed by atoms with Gasteiger partial charge in [0.1, 0.15) is 5.75 Å². The number of amides is 1. The molecule has 1 fully saturated rings. The van der Waals surface area contributed by atoms with E-state index in [0.29, 0.717) is 11.6 Å². The molecule has 0 aliphatic carbocycles. The van der Waals surface area contributed by atoms with Gasteiger partial charge in [0.05, 0.1) is 18.7 Å². The van der Waals surface area contributed by atoms with Crippen molar-refractivity contribution in [3.8, 4) is 5.75 Å². The Hall–Kier alpha value is -1.26. The monoisotopic (exact) mass is 280 g/mol. The van der Waals surface area contributed by atoms with Gasteiger partial charge < -0.3 is 15.4 Å². The molecule has 102 valence electrons. The first-order valence-electron chi connectivity index (χ1n) is 6.70. The van der Waals surface area contributed by atoms with E-state index in [2.05, 4.69) is 10.6 Å². The van der Waals surface area contributed by atoms with E-state index in [4.69, 9.17) is 16.3 Å². The van der Waals surface area contributed by atoms with E-state index in [1.807, 2.05) is 18.2 Å². The molecule has 1 saturated heterocycles. The highest BCUT2D eigenvalue weighted by molar-refractivity contribution is 6.30. The Labute approximate surface area is 117 Å². The second kappa shape index (κ2) is 5.39. The van der Waals surface area contributed by atoms with E-state index in [1.54, 1.807) is 0 Å². The molecule has 1 aromatic rings. The molecule has 0 bridgehead atoms. The Bertz CT molecular complexity index is 486. The molecular formula is C14H17ClN2O2. The van der Waals surface area contributed by atoms with Crippen LogP contribution in [0.2, 0.25) is 5.02 Å². The number of fused-ring (bicyclic) bond motifs is 1. The minimum Gasteiger partial charge on any atom is -0.493 e. The zero-order valence-electron chi connectivity index (χ0n) is 10.6. The second-order valence-electron chi connectivity index (χ2n) is 5.03. The number of nitrogens with one attached hydrogen (secondary N) is 2. The molecule has 2 N–H and O–H groups in total. The summed E-state index contributed by atoms with van der Waals surface area (Å²) in [6, 6.07) is 5.50. The molecule has 2 aliphatic rings. The van der Waals surface area contributed by atoms with Gasteiger partial charge in [0.2, 0.25) is 5.91 Å². The lowest BCUT2D eigenvalue weighted by Gasteiger charge is -2.27. The molecular weight excluding hydrogens is 264 g/mol. The first-order valence-corrected chi connectivity index (χ1v) is 7.08. The quantitative estimate of drug-likeness (QED) is 0.872. The molecule has 4 nitrogen and oxygen atoms in total. The summed E-state index contributed by atoms with van der Waals surface area (Å²) in [6.07, 6.45) is 2.76. The summed E-state index contributed by atoms with van der Waals surface area (Å²) < 4.78 is 5.59. The minimum absolute atomic E-state index is 0.00245. The Balaban J connectivity index is 1.75. The van der Waals surface area contributed by atoms with E-state index in [0.717, 1.165) is 37.1 Å². The van der Waals surface area contributed by atoms with Crippen molar-refractivity contribution in [3.05, 3.63) is 28.8 Å². The zero-order chi connectivity index (χ0) is 13.2. The first kappa shape index (κ1) is 12.8. The van der Waals surface area contributed by atoms with Crippen LogP contribution in [0, 0.1) is 0 Å². The van der Waals surface area contributed by atoms with Crippen molar-refractivity contribution < 1.29 is 9.53 Å². The summed E-state index contributed by atoms with van der Waals surface area (Å²) in [5.74, 6) is 0.899. The largest absolute Gasteiger partial charge is 0.493 e. The molecule has 5 heteroatoms. The molecule has 1 aromatic carbocycles. The van der Waals surface area contributed by atoms with E-state index in [1.165, 1.54) is 0 Å². The second-order valence-corrected chi connectivity index (χ2v) is 5.47. The smallest absolute Gasteiger partial charge is 0.237 e. The topological polar surface area (TPSA) is 50.4 Å². The van der Waals surface area contributed by atoms with Crippen LogP contribution in [0.4, 0.5) is 0 Å². The molecule has 1 amide bonds. The molecule has 0 aromatic heterocycles. The molecule has 0 spiro atoms. The van der Waals surface area contributed by atoms with E-state index in [-0.39, 0.29) is 18.0 Å². The molecule has 2 unspecified atom stereocenters. The van der Waals surface area contributed by atoms with Crippen LogP contribution in [0.3, 0.4) is 0 Å². The number of rotatable bonds is 2. The summed E-state index contributed by atoms with van der Waals surface area (Å²) in [4.78, 5) is 12.2. The average Bonchev–Trinajstić information content (AvgIpc) is 2.93. The van der Waals surface area contributed by atoms with Gasteiger partial charge in [-0.05, 0) is 37.6 Å². The maximum absolute atomic E-state index is 12.2. The van der Waals surface area contributed by atoms with Crippen LogP contribution < -0.4 is 15.4 Å². The zero-order valence-corrected chi connectivity index (χ0v) is 11.4. The number of carbonyl (C=O) groups is 1. The third-order valence-corrected chi connectivity index (χ3v) is 3.94. The van der Waals surface area contributed by atoms with Gasteiger partial charge in [0.15, 0.2) is 0 Å². The van der Waals surface area contributed by atoms with Crippen LogP contribution in [0.25, 0.3) is 0 Å². The first-order chi connectivity index (χ1) is 9.24. The van der Waals surface area contributed by atoms with E-state index in [9.17, 15) is 4.79 Å². The molecule has 2 atom stereocenters. The van der Waals surface area contributed by atoms with Gasteiger partial charge in [-0.3, -0.25) is 4.79 Å². The fourth-order valence-electron chi connectivity index (χ4n) is 2.70. The number of benzene rings is 1. The van der Waals surface area contributed by atoms with E-state index >= 15 is 0 Å². The van der Waals surface area contributed by atoms with Gasteiger partial charge in [0.25, 0.3) is 0 Å². The molecule has 0 saturated carbocycles. The van der Waals surface area contributed by atoms with Crippen molar-refractivity contribution in [2.45, 2.75) is 31.3 Å². The summed E-state index contributed by atoms with van der Waals surface area (Å²) in [5.41, 5.74) is 0.977. The highest BCUT2D eigenvalue weighted by Gasteiger charge is 2.28. The van der Waals surface area contributed by atoms with Crippen molar-refractivity contribution in [1.29, 1.82) is 0 Å². The van der Waals surface area contributed by atoms with Gasteiger partial charge in [0, 0.05) is 17.0 Å². The predicted molar refractivity (Wildman–Crippen MR) is 73.5 cm³/mol. The summed E-state index contributed by atoms with van der Waals surface area (Å²) in [6.45, 7) is 1.55. The van der Waals surface area contributed by atoms with Crippen LogP contribution in [0.1, 0.15) is 30.9 Å². The lowest BCUT2D eigenvalue weighted by Crippen LogP contribution is -2.43. The highest BCUT2D eigenvalue weighted by atomic mass is 35.5. The van der Waals surface area contributed by atoms with Crippen molar-refractivity contribution in [2.75, 3.05) is 13.2 Å². The Morgan fingerprint density at radius 2 is 2.32 bits per heavy atom. The van der Waals surface area contributed by atoms with Gasteiger partial charge in [-0.1, -0.05) is 11.6 Å². The van der Waals surface area contributed by atoms with Gasteiger partial charge in [-0.2, -0.15) is 0 Å². The lowest BCUT2D eigenvalue weighted by molar-refractivity contribution is -0.123. The molecule has 3 rings (SSSR count). The number of halogens is 1. The van der Waals surface area contributed by atoms with Gasteiger partial charge in [-0.25, -0.2) is 0 Å². The van der Waals surface area contributed by atoms with Crippen molar-refractivity contribution in [1.82, 2.24) is 10.6 Å². The van der Waals surface area contributed by atoms with Crippen molar-refractivity contribution in [3.63, 3.8) is 0 Å². The van der Waals surface area contributed by atoms with Crippen molar-refractivity contribution in [2.24, 2.45) is 0 Å². The molecule has 2 heterocycles. The maximum atomic E-state index is 12.2. The third-order valence-electron chi connectivity index (χ3n) is 3.70. The fourth-order valence-corrected chi connectivity index (χ4v) is 2.88. The molecule has 0 radical (unpaired) electrons. The Kier molecular flexibility index (Phi) is 3.62. The maximum Gasteiger partial charge on any atom is 0.237 e. The van der Waals surface area contributed by atoms with Crippen LogP contribution in [0.5, 0.6) is 5.75 Å². The number of ether oxygens (including phenoxy) is 1. The number of hydrogen-bond donors (Lipinski definition) is 2. The summed E-state index contributed by atoms with van der Waals surface area (Å²) in [7, 11) is 0. The highest BCUT2D eigenvalue weighted by Crippen LogP contribution is 2.34. The SMILES string of the molecule is O=C(NC1CCOc2ccc(Cl)cc21)C1CCCN1. The Morgan fingerprint density at radius 3 is 3.11 bits per heavy atom. The summed E-state index contributed by atoms with van der Waals surface area (Å²) >= 11 is 6.03. The molecule has 19 heavy (non-hydrogen) atoms. The third kappa shape index (κ3) is 2.69. The van der Waals surface area contributed by atoms with Crippen LogP contribution in [-0.2, 0) is 4.79 Å². The van der Waals surface area contributed by atoms with Crippen LogP contribution >= 0.6 is 11.6 Å².